The number of hydroxylamine groups is 1. The zero-order valence-electron chi connectivity index (χ0n) is 19.7. The average Bonchev–Trinajstić information content (AvgIpc) is 3.16. The summed E-state index contributed by atoms with van der Waals surface area (Å²) in [5, 5.41) is 5.98. The Hall–Kier alpha value is -2.60. The molecule has 190 valence electrons. The first-order valence-electron chi connectivity index (χ1n) is 10.8. The Bertz CT molecular complexity index is 1020. The molecule has 1 aromatic rings. The molecule has 1 aromatic carbocycles. The number of alkyl halides is 3. The smallest absolute Gasteiger partial charge is 0.312 e. The highest BCUT2D eigenvalue weighted by Crippen LogP contribution is 2.33. The van der Waals surface area contributed by atoms with Crippen molar-refractivity contribution in [1.29, 1.82) is 0 Å². The molecule has 0 unspecified atom stereocenters. The fraction of sp³-hybridized carbons (Fsp3) is 0.545. The fourth-order valence-corrected chi connectivity index (χ4v) is 4.57. The maximum atomic E-state index is 13.0. The Kier molecular flexibility index (Phi) is 8.41. The first-order valence-corrected chi connectivity index (χ1v) is 12.3. The zero-order valence-corrected chi connectivity index (χ0v) is 20.5. The van der Waals surface area contributed by atoms with E-state index in [0.29, 0.717) is 29.5 Å². The van der Waals surface area contributed by atoms with Crippen LogP contribution in [0.1, 0.15) is 70.4 Å². The summed E-state index contributed by atoms with van der Waals surface area (Å²) in [6.45, 7) is 9.68. The summed E-state index contributed by atoms with van der Waals surface area (Å²) in [6, 6.07) is 3.62. The number of hydrogen-bond acceptors (Lipinski definition) is 6. The van der Waals surface area contributed by atoms with Crippen molar-refractivity contribution >= 4 is 27.7 Å². The molecule has 0 radical (unpaired) electrons. The highest BCUT2D eigenvalue weighted by Gasteiger charge is 2.46. The van der Waals surface area contributed by atoms with E-state index in [2.05, 4.69) is 15.5 Å². The number of nitrogens with zero attached hydrogens (tertiary/aromatic N) is 1. The summed E-state index contributed by atoms with van der Waals surface area (Å²) in [5.41, 5.74) is 0.779. The van der Waals surface area contributed by atoms with Crippen LogP contribution in [0.15, 0.2) is 29.7 Å². The van der Waals surface area contributed by atoms with Crippen LogP contribution in [0.3, 0.4) is 0 Å². The molecule has 0 saturated carbocycles. The molecule has 1 aliphatic rings. The number of halogens is 3. The van der Waals surface area contributed by atoms with Crippen molar-refractivity contribution in [1.82, 2.24) is 9.79 Å². The van der Waals surface area contributed by atoms with Gasteiger partial charge in [-0.05, 0) is 53.7 Å². The number of para-hydroxylation sites is 1. The minimum atomic E-state index is -5.52. The van der Waals surface area contributed by atoms with Crippen molar-refractivity contribution < 1.29 is 36.0 Å². The van der Waals surface area contributed by atoms with Crippen molar-refractivity contribution in [3.8, 4) is 0 Å². The Morgan fingerprint density at radius 3 is 2.18 bits per heavy atom. The molecule has 1 heterocycles. The van der Waals surface area contributed by atoms with Gasteiger partial charge in [-0.3, -0.25) is 0 Å². The standard InChI is InChI=1S/C22H30F3N3O5S/c1-14(2)16-8-6-9-17(15(3)4)18(16)27-20(30)28(33-19(29)22(23,24)25)34(31,32)13-11-21(5)10-7-12-26-21/h6,8-9,11,13-15,26H,7,10,12H2,1-5H3,(H,27,30)/b13-11+/t21-/m0/s1. The second-order valence-electron chi connectivity index (χ2n) is 8.95. The van der Waals surface area contributed by atoms with E-state index in [1.807, 2.05) is 27.7 Å². The highest BCUT2D eigenvalue weighted by molar-refractivity contribution is 7.92. The number of rotatable bonds is 6. The van der Waals surface area contributed by atoms with E-state index in [1.165, 1.54) is 6.08 Å². The van der Waals surface area contributed by atoms with Crippen LogP contribution in [0.25, 0.3) is 0 Å². The van der Waals surface area contributed by atoms with Crippen molar-refractivity contribution in [3.63, 3.8) is 0 Å². The maximum absolute atomic E-state index is 13.0. The number of sulfonamides is 1. The molecule has 0 spiro atoms. The number of nitrogens with one attached hydrogen (secondary N) is 2. The number of anilines is 1. The summed E-state index contributed by atoms with van der Waals surface area (Å²) in [7, 11) is -4.93. The lowest BCUT2D eigenvalue weighted by atomic mass is 9.93. The Labute approximate surface area is 197 Å². The van der Waals surface area contributed by atoms with Crippen LogP contribution in [0.5, 0.6) is 0 Å². The van der Waals surface area contributed by atoms with Gasteiger partial charge in [-0.1, -0.05) is 52.0 Å². The summed E-state index contributed by atoms with van der Waals surface area (Å²) < 4.78 is 63.8. The zero-order chi connectivity index (χ0) is 25.9. The average molecular weight is 506 g/mol. The Balaban J connectivity index is 2.49. The topological polar surface area (TPSA) is 105 Å². The third kappa shape index (κ3) is 6.72. The number of benzene rings is 1. The Morgan fingerprint density at radius 1 is 1.18 bits per heavy atom. The van der Waals surface area contributed by atoms with Crippen molar-refractivity contribution in [3.05, 3.63) is 40.8 Å². The minimum absolute atomic E-state index is 0.106. The van der Waals surface area contributed by atoms with Gasteiger partial charge < -0.3 is 15.5 Å². The number of carbonyl (C=O) groups is 2. The van der Waals surface area contributed by atoms with Gasteiger partial charge in [-0.15, -0.1) is 0 Å². The van der Waals surface area contributed by atoms with Gasteiger partial charge in [0.1, 0.15) is 0 Å². The van der Waals surface area contributed by atoms with Crippen LogP contribution in [0.2, 0.25) is 0 Å². The third-order valence-corrected chi connectivity index (χ3v) is 6.59. The number of amides is 2. The minimum Gasteiger partial charge on any atom is -0.312 e. The monoisotopic (exact) mass is 505 g/mol. The van der Waals surface area contributed by atoms with Crippen LogP contribution in [-0.4, -0.2) is 43.1 Å². The molecular weight excluding hydrogens is 475 g/mol. The number of carbonyl (C=O) groups excluding carboxylic acids is 2. The van der Waals surface area contributed by atoms with E-state index in [1.54, 1.807) is 25.1 Å². The molecule has 2 amide bonds. The van der Waals surface area contributed by atoms with Crippen LogP contribution in [-0.2, 0) is 19.7 Å². The summed E-state index contributed by atoms with van der Waals surface area (Å²) in [6.07, 6.45) is -2.96. The quantitative estimate of drug-likeness (QED) is 0.540. The van der Waals surface area contributed by atoms with E-state index in [4.69, 9.17) is 0 Å². The van der Waals surface area contributed by atoms with Gasteiger partial charge in [0.2, 0.25) is 0 Å². The third-order valence-electron chi connectivity index (χ3n) is 5.41. The molecule has 12 heteroatoms. The first kappa shape index (κ1) is 27.6. The molecule has 2 rings (SSSR count). The van der Waals surface area contributed by atoms with E-state index >= 15 is 0 Å². The lowest BCUT2D eigenvalue weighted by Gasteiger charge is -2.24. The molecule has 0 bridgehead atoms. The van der Waals surface area contributed by atoms with Gasteiger partial charge in [-0.25, -0.2) is 9.59 Å². The largest absolute Gasteiger partial charge is 0.493 e. The van der Waals surface area contributed by atoms with Gasteiger partial charge in [0.05, 0.1) is 5.41 Å². The molecule has 34 heavy (non-hydrogen) atoms. The van der Waals surface area contributed by atoms with E-state index in [0.717, 1.165) is 6.42 Å². The first-order chi connectivity index (χ1) is 15.6. The van der Waals surface area contributed by atoms with E-state index in [-0.39, 0.29) is 17.5 Å². The summed E-state index contributed by atoms with van der Waals surface area (Å²) >= 11 is 0. The maximum Gasteiger partial charge on any atom is 0.493 e. The van der Waals surface area contributed by atoms with Crippen LogP contribution >= 0.6 is 0 Å². The van der Waals surface area contributed by atoms with Gasteiger partial charge in [0.15, 0.2) is 0 Å². The molecule has 0 aromatic heterocycles. The molecular formula is C22H30F3N3O5S. The fourth-order valence-electron chi connectivity index (χ4n) is 3.54. The number of urea groups is 1. The van der Waals surface area contributed by atoms with Crippen LogP contribution < -0.4 is 10.6 Å². The SMILES string of the molecule is CC(C)c1cccc(C(C)C)c1NC(=O)N(OC(=O)C(F)(F)F)S(=O)(=O)/C=C/[C@]1(C)CCCN1. The molecule has 8 nitrogen and oxygen atoms in total. The second kappa shape index (κ2) is 10.3. The van der Waals surface area contributed by atoms with E-state index in [9.17, 15) is 31.2 Å². The molecule has 2 N–H and O–H groups in total. The lowest BCUT2D eigenvalue weighted by Crippen LogP contribution is -2.44. The normalized spacial score (nSPS) is 19.1. The van der Waals surface area contributed by atoms with Gasteiger partial charge >= 0.3 is 18.2 Å². The predicted octanol–water partition coefficient (Wildman–Crippen LogP) is 4.77. The highest BCUT2D eigenvalue weighted by atomic mass is 32.2. The summed E-state index contributed by atoms with van der Waals surface area (Å²) in [4.78, 5) is 28.5. The molecule has 1 atom stereocenters. The summed E-state index contributed by atoms with van der Waals surface area (Å²) in [5.74, 6) is -3.05. The second-order valence-corrected chi connectivity index (χ2v) is 10.6. The van der Waals surface area contributed by atoms with Crippen molar-refractivity contribution in [2.75, 3.05) is 11.9 Å². The van der Waals surface area contributed by atoms with Gasteiger partial charge in [0.25, 0.3) is 10.0 Å². The molecule has 1 fully saturated rings. The van der Waals surface area contributed by atoms with Gasteiger partial charge in [-0.2, -0.15) is 21.6 Å². The van der Waals surface area contributed by atoms with Crippen LogP contribution in [0, 0.1) is 0 Å². The Morgan fingerprint density at radius 2 is 1.74 bits per heavy atom. The van der Waals surface area contributed by atoms with Crippen molar-refractivity contribution in [2.45, 2.75) is 71.0 Å². The lowest BCUT2D eigenvalue weighted by molar-refractivity contribution is -0.216. The predicted molar refractivity (Wildman–Crippen MR) is 121 cm³/mol. The van der Waals surface area contributed by atoms with E-state index < -0.39 is 38.2 Å². The van der Waals surface area contributed by atoms with Crippen molar-refractivity contribution in [2.24, 2.45) is 0 Å². The molecule has 1 aliphatic heterocycles. The van der Waals surface area contributed by atoms with Gasteiger partial charge in [0, 0.05) is 11.2 Å². The molecule has 0 aliphatic carbocycles. The number of hydrogen-bond donors (Lipinski definition) is 2. The van der Waals surface area contributed by atoms with Crippen LogP contribution in [0.4, 0.5) is 23.7 Å². The molecule has 1 saturated heterocycles.